The summed E-state index contributed by atoms with van der Waals surface area (Å²) >= 11 is 12.0. The van der Waals surface area contributed by atoms with Crippen molar-refractivity contribution in [1.82, 2.24) is 4.31 Å². The van der Waals surface area contributed by atoms with E-state index in [0.717, 1.165) is 22.5 Å². The summed E-state index contributed by atoms with van der Waals surface area (Å²) in [7, 11) is -4.29. The van der Waals surface area contributed by atoms with Crippen LogP contribution in [-0.4, -0.2) is 25.2 Å². The predicted molar refractivity (Wildman–Crippen MR) is 115 cm³/mol. The Kier molecular flexibility index (Phi) is 7.27. The summed E-state index contributed by atoms with van der Waals surface area (Å²) in [6.07, 6.45) is 0. The second kappa shape index (κ2) is 9.74. The van der Waals surface area contributed by atoms with Crippen LogP contribution in [-0.2, 0) is 21.4 Å². The molecule has 10 heteroatoms. The van der Waals surface area contributed by atoms with E-state index in [1.54, 1.807) is 30.3 Å². The molecular formula is C21H16Cl2F2N2O3S. The summed E-state index contributed by atoms with van der Waals surface area (Å²) in [4.78, 5) is 12.2. The Labute approximate surface area is 188 Å². The van der Waals surface area contributed by atoms with Crippen molar-refractivity contribution in [3.05, 3.63) is 94.0 Å². The molecule has 0 aromatic heterocycles. The summed E-state index contributed by atoms with van der Waals surface area (Å²) in [6, 6.07) is 15.6. The van der Waals surface area contributed by atoms with Crippen molar-refractivity contribution in [3.63, 3.8) is 0 Å². The second-order valence-corrected chi connectivity index (χ2v) is 9.23. The molecule has 0 aliphatic rings. The van der Waals surface area contributed by atoms with E-state index in [1.807, 2.05) is 0 Å². The van der Waals surface area contributed by atoms with Crippen LogP contribution in [0.3, 0.4) is 0 Å². The van der Waals surface area contributed by atoms with Gasteiger partial charge in [0.05, 0.1) is 11.6 Å². The first-order chi connectivity index (χ1) is 14.7. The van der Waals surface area contributed by atoms with Gasteiger partial charge in [-0.05, 0) is 35.9 Å². The van der Waals surface area contributed by atoms with Crippen molar-refractivity contribution in [1.29, 1.82) is 0 Å². The molecular weight excluding hydrogens is 469 g/mol. The summed E-state index contributed by atoms with van der Waals surface area (Å²) in [5, 5.41) is 2.15. The fraction of sp³-hybridized carbons (Fsp3) is 0.0952. The molecule has 0 aliphatic heterocycles. The maximum Gasteiger partial charge on any atom is 0.245 e. The van der Waals surface area contributed by atoms with Gasteiger partial charge in [-0.25, -0.2) is 17.2 Å². The van der Waals surface area contributed by atoms with Gasteiger partial charge < -0.3 is 5.32 Å². The number of benzene rings is 3. The van der Waals surface area contributed by atoms with Gasteiger partial charge in [0, 0.05) is 11.6 Å². The zero-order valence-corrected chi connectivity index (χ0v) is 18.2. The zero-order valence-electron chi connectivity index (χ0n) is 15.9. The topological polar surface area (TPSA) is 66.5 Å². The summed E-state index contributed by atoms with van der Waals surface area (Å²) < 4.78 is 55.2. The molecule has 3 rings (SSSR count). The van der Waals surface area contributed by atoms with Gasteiger partial charge in [-0.1, -0.05) is 59.6 Å². The Balaban J connectivity index is 1.94. The summed E-state index contributed by atoms with van der Waals surface area (Å²) in [6.45, 7) is -0.896. The van der Waals surface area contributed by atoms with Crippen LogP contribution in [0.4, 0.5) is 14.5 Å². The monoisotopic (exact) mass is 484 g/mol. The Morgan fingerprint density at radius 1 is 0.935 bits per heavy atom. The zero-order chi connectivity index (χ0) is 22.6. The average molecular weight is 485 g/mol. The molecule has 0 saturated carbocycles. The number of halogens is 4. The Morgan fingerprint density at radius 3 is 2.23 bits per heavy atom. The molecule has 1 amide bonds. The average Bonchev–Trinajstić information content (AvgIpc) is 2.73. The first-order valence-electron chi connectivity index (χ1n) is 8.91. The van der Waals surface area contributed by atoms with E-state index in [1.165, 1.54) is 18.2 Å². The molecule has 0 unspecified atom stereocenters. The number of carbonyl (C=O) groups is 1. The normalized spacial score (nSPS) is 11.5. The molecule has 0 fully saturated rings. The van der Waals surface area contributed by atoms with Gasteiger partial charge in [0.1, 0.15) is 22.2 Å². The number of hydrogen-bond acceptors (Lipinski definition) is 3. The highest BCUT2D eigenvalue weighted by atomic mass is 35.5. The van der Waals surface area contributed by atoms with Crippen molar-refractivity contribution in [3.8, 4) is 0 Å². The van der Waals surface area contributed by atoms with Crippen LogP contribution in [0.25, 0.3) is 0 Å². The third-order valence-electron chi connectivity index (χ3n) is 4.26. The van der Waals surface area contributed by atoms with Crippen LogP contribution < -0.4 is 5.32 Å². The van der Waals surface area contributed by atoms with Crippen LogP contribution >= 0.6 is 23.2 Å². The number of rotatable bonds is 7. The molecule has 0 saturated heterocycles. The number of carbonyl (C=O) groups excluding carboxylic acids is 1. The van der Waals surface area contributed by atoms with Gasteiger partial charge in [-0.2, -0.15) is 4.31 Å². The van der Waals surface area contributed by atoms with E-state index in [4.69, 9.17) is 23.2 Å². The summed E-state index contributed by atoms with van der Waals surface area (Å²) in [5.41, 5.74) is -0.0700. The standard InChI is InChI=1S/C21H16Cl2F2N2O3S/c22-15-9-10-16(23)19(11-15)31(29,30)27(12-14-5-2-1-3-6-14)13-20(28)26-21-17(24)7-4-8-18(21)25/h1-11H,12-13H2,(H,26,28). The smallest absolute Gasteiger partial charge is 0.245 e. The van der Waals surface area contributed by atoms with E-state index < -0.39 is 39.8 Å². The third kappa shape index (κ3) is 5.59. The molecule has 5 nitrogen and oxygen atoms in total. The third-order valence-corrected chi connectivity index (χ3v) is 6.77. The Bertz CT molecular complexity index is 1190. The minimum Gasteiger partial charge on any atom is -0.320 e. The molecule has 0 heterocycles. The largest absolute Gasteiger partial charge is 0.320 e. The molecule has 31 heavy (non-hydrogen) atoms. The van der Waals surface area contributed by atoms with Crippen LogP contribution in [0.1, 0.15) is 5.56 Å². The van der Waals surface area contributed by atoms with Crippen molar-refractivity contribution < 1.29 is 22.0 Å². The maximum atomic E-state index is 13.9. The van der Waals surface area contributed by atoms with E-state index >= 15 is 0 Å². The van der Waals surface area contributed by atoms with E-state index in [2.05, 4.69) is 5.32 Å². The first kappa shape index (κ1) is 23.1. The van der Waals surface area contributed by atoms with E-state index in [9.17, 15) is 22.0 Å². The fourth-order valence-corrected chi connectivity index (χ4v) is 4.90. The van der Waals surface area contributed by atoms with Gasteiger partial charge >= 0.3 is 0 Å². The van der Waals surface area contributed by atoms with Crippen molar-refractivity contribution in [2.24, 2.45) is 0 Å². The van der Waals surface area contributed by atoms with Gasteiger partial charge in [0.2, 0.25) is 15.9 Å². The van der Waals surface area contributed by atoms with Gasteiger partial charge in [0.15, 0.2) is 0 Å². The van der Waals surface area contributed by atoms with Gasteiger partial charge in [-0.3, -0.25) is 4.79 Å². The number of sulfonamides is 1. The lowest BCUT2D eigenvalue weighted by atomic mass is 10.2. The fourth-order valence-electron chi connectivity index (χ4n) is 2.78. The maximum absolute atomic E-state index is 13.9. The Morgan fingerprint density at radius 2 is 1.58 bits per heavy atom. The molecule has 162 valence electrons. The highest BCUT2D eigenvalue weighted by Crippen LogP contribution is 2.29. The molecule has 0 aliphatic carbocycles. The molecule has 1 N–H and O–H groups in total. The second-order valence-electron chi connectivity index (χ2n) is 6.48. The van der Waals surface area contributed by atoms with Crippen LogP contribution in [0.2, 0.25) is 10.0 Å². The quantitative estimate of drug-likeness (QED) is 0.507. The number of nitrogens with one attached hydrogen (secondary N) is 1. The van der Waals surface area contributed by atoms with Crippen molar-refractivity contribution >= 4 is 44.8 Å². The lowest BCUT2D eigenvalue weighted by Crippen LogP contribution is -2.38. The van der Waals surface area contributed by atoms with Crippen LogP contribution in [0, 0.1) is 11.6 Å². The molecule has 0 bridgehead atoms. The van der Waals surface area contributed by atoms with Crippen molar-refractivity contribution in [2.45, 2.75) is 11.4 Å². The first-order valence-corrected chi connectivity index (χ1v) is 11.1. The number of hydrogen-bond donors (Lipinski definition) is 1. The highest BCUT2D eigenvalue weighted by Gasteiger charge is 2.29. The Hall–Kier alpha value is -2.52. The number of para-hydroxylation sites is 1. The van der Waals surface area contributed by atoms with Crippen LogP contribution in [0.5, 0.6) is 0 Å². The predicted octanol–water partition coefficient (Wildman–Crippen LogP) is 5.10. The van der Waals surface area contributed by atoms with Gasteiger partial charge in [0.25, 0.3) is 0 Å². The SMILES string of the molecule is O=C(CN(Cc1ccccc1)S(=O)(=O)c1cc(Cl)ccc1Cl)Nc1c(F)cccc1F. The van der Waals surface area contributed by atoms with Gasteiger partial charge in [-0.15, -0.1) is 0 Å². The van der Waals surface area contributed by atoms with E-state index in [0.29, 0.717) is 5.56 Å². The molecule has 3 aromatic carbocycles. The highest BCUT2D eigenvalue weighted by molar-refractivity contribution is 7.89. The number of amides is 1. The molecule has 3 aromatic rings. The minimum atomic E-state index is -4.29. The summed E-state index contributed by atoms with van der Waals surface area (Å²) in [5.74, 6) is -2.89. The lowest BCUT2D eigenvalue weighted by molar-refractivity contribution is -0.116. The molecule has 0 radical (unpaired) electrons. The molecule has 0 atom stereocenters. The van der Waals surface area contributed by atoms with Crippen LogP contribution in [0.15, 0.2) is 71.6 Å². The van der Waals surface area contributed by atoms with Crippen molar-refractivity contribution in [2.75, 3.05) is 11.9 Å². The lowest BCUT2D eigenvalue weighted by Gasteiger charge is -2.23. The minimum absolute atomic E-state index is 0.0805. The van der Waals surface area contributed by atoms with E-state index in [-0.39, 0.29) is 21.5 Å². The molecule has 0 spiro atoms. The number of anilines is 1. The number of nitrogens with zero attached hydrogens (tertiary/aromatic N) is 1.